The van der Waals surface area contributed by atoms with Crippen LogP contribution in [0.15, 0.2) is 24.3 Å². The highest BCUT2D eigenvalue weighted by atomic mass is 32.1. The van der Waals surface area contributed by atoms with Gasteiger partial charge in [-0.05, 0) is 18.1 Å². The van der Waals surface area contributed by atoms with Gasteiger partial charge in [-0.15, -0.1) is 15.3 Å². The molecule has 0 saturated heterocycles. The van der Waals surface area contributed by atoms with Crippen LogP contribution in [-0.2, 0) is 4.74 Å². The fraction of sp³-hybridized carbons (Fsp3) is 0.333. The monoisotopic (exact) mass is 347 g/mol. The lowest BCUT2D eigenvalue weighted by Crippen LogP contribution is -2.16. The summed E-state index contributed by atoms with van der Waals surface area (Å²) < 4.78 is 11.9. The topological polar surface area (TPSA) is 90.6 Å². The lowest BCUT2D eigenvalue weighted by molar-refractivity contribution is 0.147. The van der Waals surface area contributed by atoms with Crippen LogP contribution in [0.25, 0.3) is 16.3 Å². The van der Waals surface area contributed by atoms with Gasteiger partial charge in [0.25, 0.3) is 0 Å². The normalized spacial score (nSPS) is 11.0. The zero-order chi connectivity index (χ0) is 17.1. The number of benzene rings is 1. The van der Waals surface area contributed by atoms with Crippen molar-refractivity contribution in [1.29, 1.82) is 0 Å². The molecule has 2 heterocycles. The molecule has 1 N–H and O–H groups in total. The maximum atomic E-state index is 11.7. The molecular formula is C15H17N5O3S. The summed E-state index contributed by atoms with van der Waals surface area (Å²) in [5, 5.41) is 15.6. The number of carbonyl (C=O) groups is 1. The van der Waals surface area contributed by atoms with Crippen LogP contribution in [0.1, 0.15) is 13.8 Å². The van der Waals surface area contributed by atoms with Crippen LogP contribution >= 0.6 is 11.3 Å². The van der Waals surface area contributed by atoms with Crippen LogP contribution in [0.2, 0.25) is 0 Å². The lowest BCUT2D eigenvalue weighted by Gasteiger charge is -2.06. The number of ether oxygens (including phenoxy) is 2. The Kier molecular flexibility index (Phi) is 4.61. The number of amides is 1. The molecule has 24 heavy (non-hydrogen) atoms. The third-order valence-corrected chi connectivity index (χ3v) is 3.89. The van der Waals surface area contributed by atoms with Gasteiger partial charge >= 0.3 is 6.09 Å². The Labute approximate surface area is 142 Å². The molecule has 3 rings (SSSR count). The Bertz CT molecular complexity index is 858. The van der Waals surface area contributed by atoms with Crippen LogP contribution in [0.4, 0.5) is 9.93 Å². The maximum absolute atomic E-state index is 11.7. The first-order valence-corrected chi connectivity index (χ1v) is 8.19. The third-order valence-electron chi connectivity index (χ3n) is 3.08. The van der Waals surface area contributed by atoms with Crippen LogP contribution in [-0.4, -0.2) is 39.6 Å². The fourth-order valence-corrected chi connectivity index (χ4v) is 2.70. The molecule has 0 unspecified atom stereocenters. The molecule has 126 valence electrons. The molecule has 0 saturated carbocycles. The standard InChI is InChI=1S/C15H17N5O3S/c1-9(2)8-23-15(21)16-13-19-20-12(17-18-14(20)24-13)10-5-4-6-11(7-10)22-3/h4-7,9H,8H2,1-3H3,(H,16,19,21). The van der Waals surface area contributed by atoms with E-state index in [2.05, 4.69) is 20.6 Å². The summed E-state index contributed by atoms with van der Waals surface area (Å²) in [6, 6.07) is 7.45. The van der Waals surface area contributed by atoms with E-state index in [1.165, 1.54) is 11.3 Å². The summed E-state index contributed by atoms with van der Waals surface area (Å²) in [5.41, 5.74) is 0.820. The first-order chi connectivity index (χ1) is 11.6. The Morgan fingerprint density at radius 3 is 2.96 bits per heavy atom. The lowest BCUT2D eigenvalue weighted by atomic mass is 10.2. The minimum atomic E-state index is -0.531. The van der Waals surface area contributed by atoms with Crippen molar-refractivity contribution in [3.05, 3.63) is 24.3 Å². The number of methoxy groups -OCH3 is 1. The molecule has 0 fully saturated rings. The molecule has 0 aliphatic carbocycles. The van der Waals surface area contributed by atoms with Gasteiger partial charge in [-0.1, -0.05) is 37.3 Å². The number of hydrogen-bond donors (Lipinski definition) is 1. The molecule has 9 heteroatoms. The molecule has 3 aromatic rings. The summed E-state index contributed by atoms with van der Waals surface area (Å²) in [4.78, 5) is 12.3. The van der Waals surface area contributed by atoms with Crippen molar-refractivity contribution >= 4 is 27.5 Å². The van der Waals surface area contributed by atoms with E-state index in [0.717, 1.165) is 11.3 Å². The van der Waals surface area contributed by atoms with E-state index >= 15 is 0 Å². The van der Waals surface area contributed by atoms with Crippen molar-refractivity contribution in [3.63, 3.8) is 0 Å². The number of nitrogens with zero attached hydrogens (tertiary/aromatic N) is 4. The van der Waals surface area contributed by atoms with Crippen LogP contribution in [0.5, 0.6) is 5.75 Å². The molecule has 0 aliphatic rings. The summed E-state index contributed by atoms with van der Waals surface area (Å²) in [7, 11) is 1.60. The highest BCUT2D eigenvalue weighted by molar-refractivity contribution is 7.20. The highest BCUT2D eigenvalue weighted by Crippen LogP contribution is 2.26. The van der Waals surface area contributed by atoms with Gasteiger partial charge in [0.2, 0.25) is 10.1 Å². The number of fused-ring (bicyclic) bond motifs is 1. The van der Waals surface area contributed by atoms with Crippen molar-refractivity contribution in [3.8, 4) is 17.1 Å². The summed E-state index contributed by atoms with van der Waals surface area (Å²) >= 11 is 1.22. The fourth-order valence-electron chi connectivity index (χ4n) is 1.98. The molecule has 2 aromatic heterocycles. The first-order valence-electron chi connectivity index (χ1n) is 7.37. The smallest absolute Gasteiger partial charge is 0.413 e. The predicted octanol–water partition coefficient (Wildman–Crippen LogP) is 3.07. The zero-order valence-corrected chi connectivity index (χ0v) is 14.3. The van der Waals surface area contributed by atoms with E-state index in [1.807, 2.05) is 38.1 Å². The minimum absolute atomic E-state index is 0.272. The number of nitrogens with one attached hydrogen (secondary N) is 1. The summed E-state index contributed by atoms with van der Waals surface area (Å²) in [6.45, 7) is 4.29. The van der Waals surface area contributed by atoms with Gasteiger partial charge in [0.15, 0.2) is 5.82 Å². The van der Waals surface area contributed by atoms with E-state index in [-0.39, 0.29) is 5.92 Å². The maximum Gasteiger partial charge on any atom is 0.413 e. The van der Waals surface area contributed by atoms with Gasteiger partial charge in [-0.2, -0.15) is 4.52 Å². The molecule has 8 nitrogen and oxygen atoms in total. The molecule has 1 amide bonds. The van der Waals surface area contributed by atoms with Crippen molar-refractivity contribution in [2.45, 2.75) is 13.8 Å². The van der Waals surface area contributed by atoms with Crippen molar-refractivity contribution in [1.82, 2.24) is 19.8 Å². The van der Waals surface area contributed by atoms with E-state index in [4.69, 9.17) is 9.47 Å². The number of anilines is 1. The van der Waals surface area contributed by atoms with Crippen LogP contribution in [0.3, 0.4) is 0 Å². The minimum Gasteiger partial charge on any atom is -0.497 e. The average Bonchev–Trinajstić information content (AvgIpc) is 3.12. The van der Waals surface area contributed by atoms with Crippen molar-refractivity contribution < 1.29 is 14.3 Å². The zero-order valence-electron chi connectivity index (χ0n) is 13.5. The van der Waals surface area contributed by atoms with Gasteiger partial charge in [0.05, 0.1) is 13.7 Å². The van der Waals surface area contributed by atoms with Crippen molar-refractivity contribution in [2.24, 2.45) is 5.92 Å². The third kappa shape index (κ3) is 3.46. The Morgan fingerprint density at radius 1 is 1.38 bits per heavy atom. The average molecular weight is 347 g/mol. The molecular weight excluding hydrogens is 330 g/mol. The van der Waals surface area contributed by atoms with Gasteiger partial charge in [-0.3, -0.25) is 5.32 Å². The predicted molar refractivity (Wildman–Crippen MR) is 90.5 cm³/mol. The van der Waals surface area contributed by atoms with E-state index < -0.39 is 6.09 Å². The Hall–Kier alpha value is -2.68. The molecule has 0 bridgehead atoms. The number of aromatic nitrogens is 4. The molecule has 1 aromatic carbocycles. The summed E-state index contributed by atoms with van der Waals surface area (Å²) in [5.74, 6) is 1.56. The highest BCUT2D eigenvalue weighted by Gasteiger charge is 2.15. The van der Waals surface area contributed by atoms with Crippen LogP contribution < -0.4 is 10.1 Å². The summed E-state index contributed by atoms with van der Waals surface area (Å²) in [6.07, 6.45) is -0.531. The largest absolute Gasteiger partial charge is 0.497 e. The number of rotatable bonds is 5. The quantitative estimate of drug-likeness (QED) is 0.763. The molecule has 0 atom stereocenters. The molecule has 0 spiro atoms. The van der Waals surface area contributed by atoms with Crippen molar-refractivity contribution in [2.75, 3.05) is 19.0 Å². The molecule has 0 aliphatic heterocycles. The van der Waals surface area contributed by atoms with Gasteiger partial charge in [-0.25, -0.2) is 4.79 Å². The van der Waals surface area contributed by atoms with E-state index in [1.54, 1.807) is 11.6 Å². The van der Waals surface area contributed by atoms with Gasteiger partial charge in [0, 0.05) is 5.56 Å². The van der Waals surface area contributed by atoms with Gasteiger partial charge < -0.3 is 9.47 Å². The Balaban J connectivity index is 1.82. The molecule has 0 radical (unpaired) electrons. The first kappa shape index (κ1) is 16.2. The SMILES string of the molecule is COc1cccc(-c2nnc3sc(NC(=O)OCC(C)C)nn23)c1. The van der Waals surface area contributed by atoms with E-state index in [9.17, 15) is 4.79 Å². The Morgan fingerprint density at radius 2 is 2.21 bits per heavy atom. The number of carbonyl (C=O) groups excluding carboxylic acids is 1. The van der Waals surface area contributed by atoms with E-state index in [0.29, 0.717) is 22.5 Å². The second kappa shape index (κ2) is 6.83. The van der Waals surface area contributed by atoms with Gasteiger partial charge in [0.1, 0.15) is 5.75 Å². The number of hydrogen-bond acceptors (Lipinski definition) is 7. The second-order valence-electron chi connectivity index (χ2n) is 5.47. The second-order valence-corrected chi connectivity index (χ2v) is 6.43. The van der Waals surface area contributed by atoms with Crippen LogP contribution in [0, 0.1) is 5.92 Å².